The molecule has 4 nitrogen and oxygen atoms in total. The molecule has 0 aromatic heterocycles. The Morgan fingerprint density at radius 2 is 2.00 bits per heavy atom. The van der Waals surface area contributed by atoms with Crippen molar-refractivity contribution >= 4 is 10.1 Å². The van der Waals surface area contributed by atoms with E-state index in [2.05, 4.69) is 0 Å². The lowest BCUT2D eigenvalue weighted by atomic mass is 10.6. The third kappa shape index (κ3) is 3.23. The molecule has 0 aliphatic rings. The Hall–Kier alpha value is -0.390. The van der Waals surface area contributed by atoms with Gasteiger partial charge in [-0.25, -0.2) is 0 Å². The molecule has 0 rings (SSSR count). The molecule has 0 saturated heterocycles. The van der Waals surface area contributed by atoms with E-state index in [1.807, 2.05) is 0 Å². The van der Waals surface area contributed by atoms with Gasteiger partial charge < -0.3 is 5.11 Å². The molecule has 1 atom stereocenters. The fourth-order valence-corrected chi connectivity index (χ4v) is 0.620. The predicted octanol–water partition coefficient (Wildman–Crippen LogP) is -0.231. The lowest BCUT2D eigenvalue weighted by Gasteiger charge is -1.97. The molecular formula is C4H8O4S. The van der Waals surface area contributed by atoms with Gasteiger partial charge in [0.1, 0.15) is 0 Å². The number of allylic oxidation sites excluding steroid dienone is 1. The van der Waals surface area contributed by atoms with Crippen molar-refractivity contribution < 1.29 is 18.1 Å². The molecule has 0 bridgehead atoms. The van der Waals surface area contributed by atoms with E-state index in [4.69, 9.17) is 9.66 Å². The third-order valence-corrected chi connectivity index (χ3v) is 1.43. The second kappa shape index (κ2) is 2.95. The van der Waals surface area contributed by atoms with E-state index in [-0.39, 0.29) is 0 Å². The van der Waals surface area contributed by atoms with Crippen molar-refractivity contribution in [2.45, 2.75) is 12.4 Å². The molecule has 0 spiro atoms. The first kappa shape index (κ1) is 8.61. The van der Waals surface area contributed by atoms with E-state index in [1.54, 1.807) is 0 Å². The molecule has 0 fully saturated rings. The molecule has 0 saturated carbocycles. The van der Waals surface area contributed by atoms with Crippen LogP contribution < -0.4 is 0 Å². The maximum Gasteiger partial charge on any atom is 0.295 e. The largest absolute Gasteiger partial charge is 0.372 e. The predicted molar refractivity (Wildman–Crippen MR) is 32.4 cm³/mol. The first-order chi connectivity index (χ1) is 3.98. The maximum atomic E-state index is 9.98. The van der Waals surface area contributed by atoms with Gasteiger partial charge in [0.15, 0.2) is 5.44 Å². The topological polar surface area (TPSA) is 74.6 Å². The van der Waals surface area contributed by atoms with Crippen molar-refractivity contribution in [2.24, 2.45) is 0 Å². The molecule has 5 heteroatoms. The van der Waals surface area contributed by atoms with Crippen molar-refractivity contribution in [1.29, 1.82) is 0 Å². The van der Waals surface area contributed by atoms with Gasteiger partial charge in [0.05, 0.1) is 0 Å². The highest BCUT2D eigenvalue weighted by Gasteiger charge is 2.14. The van der Waals surface area contributed by atoms with Crippen LogP contribution in [-0.4, -0.2) is 23.5 Å². The molecule has 0 aliphatic heterocycles. The van der Waals surface area contributed by atoms with E-state index in [0.29, 0.717) is 0 Å². The van der Waals surface area contributed by atoms with Gasteiger partial charge in [-0.1, -0.05) is 6.08 Å². The first-order valence-corrected chi connectivity index (χ1v) is 3.76. The van der Waals surface area contributed by atoms with Gasteiger partial charge in [0.25, 0.3) is 10.1 Å². The molecule has 0 heterocycles. The van der Waals surface area contributed by atoms with Crippen molar-refractivity contribution in [3.63, 3.8) is 0 Å². The lowest BCUT2D eigenvalue weighted by Crippen LogP contribution is -2.16. The summed E-state index contributed by atoms with van der Waals surface area (Å²) in [5, 5.41) is 8.46. The Morgan fingerprint density at radius 3 is 2.11 bits per heavy atom. The second-order valence-corrected chi connectivity index (χ2v) is 2.94. The summed E-state index contributed by atoms with van der Waals surface area (Å²) in [6.45, 7) is 1.54. The molecule has 0 amide bonds. The Balaban J connectivity index is 4.24. The van der Waals surface area contributed by atoms with E-state index in [9.17, 15) is 8.42 Å². The van der Waals surface area contributed by atoms with Crippen LogP contribution in [0.25, 0.3) is 0 Å². The summed E-state index contributed by atoms with van der Waals surface area (Å²) >= 11 is 0. The van der Waals surface area contributed by atoms with Gasteiger partial charge in [0, 0.05) is 0 Å². The molecule has 0 aromatic rings. The summed E-state index contributed by atoms with van der Waals surface area (Å²) in [5.41, 5.74) is -1.79. The quantitative estimate of drug-likeness (QED) is 0.423. The Kier molecular flexibility index (Phi) is 2.83. The summed E-state index contributed by atoms with van der Waals surface area (Å²) < 4.78 is 28.0. The summed E-state index contributed by atoms with van der Waals surface area (Å²) in [6.07, 6.45) is 2.30. The fraction of sp³-hybridized carbons (Fsp3) is 0.500. The van der Waals surface area contributed by atoms with Crippen LogP contribution in [0.3, 0.4) is 0 Å². The Bertz CT molecular complexity index is 191. The summed E-state index contributed by atoms with van der Waals surface area (Å²) in [4.78, 5) is 0. The highest BCUT2D eigenvalue weighted by molar-refractivity contribution is 7.86. The molecule has 9 heavy (non-hydrogen) atoms. The van der Waals surface area contributed by atoms with Crippen LogP contribution in [0, 0.1) is 0 Å². The van der Waals surface area contributed by atoms with Crippen LogP contribution in [0.15, 0.2) is 12.2 Å². The number of aliphatic hydroxyl groups excluding tert-OH is 1. The van der Waals surface area contributed by atoms with Crippen molar-refractivity contribution in [3.8, 4) is 0 Å². The highest BCUT2D eigenvalue weighted by Crippen LogP contribution is 1.94. The van der Waals surface area contributed by atoms with E-state index >= 15 is 0 Å². The van der Waals surface area contributed by atoms with Crippen LogP contribution >= 0.6 is 0 Å². The van der Waals surface area contributed by atoms with Crippen molar-refractivity contribution in [1.82, 2.24) is 0 Å². The van der Waals surface area contributed by atoms with E-state index in [0.717, 1.165) is 6.08 Å². The highest BCUT2D eigenvalue weighted by atomic mass is 32.2. The zero-order chi connectivity index (χ0) is 7.49. The standard InChI is InChI=1S/C4H8O4S/c1-2-3-4(5)9(6,7)8/h2-5H,1H3,(H,6,7,8). The van der Waals surface area contributed by atoms with Crippen LogP contribution in [0.4, 0.5) is 0 Å². The number of rotatable bonds is 2. The number of aliphatic hydroxyl groups is 1. The van der Waals surface area contributed by atoms with Crippen molar-refractivity contribution in [2.75, 3.05) is 0 Å². The van der Waals surface area contributed by atoms with Gasteiger partial charge in [-0.05, 0) is 13.0 Å². The first-order valence-electron chi connectivity index (χ1n) is 2.25. The zero-order valence-electron chi connectivity index (χ0n) is 4.85. The maximum absolute atomic E-state index is 9.98. The third-order valence-electron chi connectivity index (χ3n) is 0.662. The fourth-order valence-electron chi connectivity index (χ4n) is 0.264. The van der Waals surface area contributed by atoms with Crippen LogP contribution in [0.2, 0.25) is 0 Å². The van der Waals surface area contributed by atoms with E-state index in [1.165, 1.54) is 13.0 Å². The van der Waals surface area contributed by atoms with E-state index < -0.39 is 15.6 Å². The second-order valence-electron chi connectivity index (χ2n) is 1.43. The summed E-state index contributed by atoms with van der Waals surface area (Å²) in [6, 6.07) is 0. The van der Waals surface area contributed by atoms with Crippen LogP contribution in [0.1, 0.15) is 6.92 Å². The van der Waals surface area contributed by atoms with Crippen LogP contribution in [0.5, 0.6) is 0 Å². The minimum absolute atomic E-state index is 0.968. The normalized spacial score (nSPS) is 16.3. The monoisotopic (exact) mass is 152 g/mol. The summed E-state index contributed by atoms with van der Waals surface area (Å²) in [5.74, 6) is 0. The molecule has 0 radical (unpaired) electrons. The molecule has 0 aliphatic carbocycles. The summed E-state index contributed by atoms with van der Waals surface area (Å²) in [7, 11) is -4.30. The number of hydrogen-bond donors (Lipinski definition) is 2. The zero-order valence-corrected chi connectivity index (χ0v) is 5.67. The number of hydrogen-bond acceptors (Lipinski definition) is 3. The van der Waals surface area contributed by atoms with Crippen molar-refractivity contribution in [3.05, 3.63) is 12.2 Å². The molecule has 0 aromatic carbocycles. The Morgan fingerprint density at radius 1 is 1.56 bits per heavy atom. The SMILES string of the molecule is CC=CC(O)S(=O)(=O)O. The van der Waals surface area contributed by atoms with Gasteiger partial charge in [-0.15, -0.1) is 0 Å². The van der Waals surface area contributed by atoms with Gasteiger partial charge in [-0.3, -0.25) is 4.55 Å². The van der Waals surface area contributed by atoms with Gasteiger partial charge in [0.2, 0.25) is 0 Å². The Labute approximate surface area is 53.6 Å². The molecule has 54 valence electrons. The molecular weight excluding hydrogens is 144 g/mol. The molecule has 1 unspecified atom stereocenters. The molecule has 2 N–H and O–H groups in total. The minimum Gasteiger partial charge on any atom is -0.372 e. The average molecular weight is 152 g/mol. The lowest BCUT2D eigenvalue weighted by molar-refractivity contribution is 0.275. The smallest absolute Gasteiger partial charge is 0.295 e. The van der Waals surface area contributed by atoms with Gasteiger partial charge in [-0.2, -0.15) is 8.42 Å². The average Bonchev–Trinajstić information content (AvgIpc) is 1.64. The van der Waals surface area contributed by atoms with Crippen LogP contribution in [-0.2, 0) is 10.1 Å². The van der Waals surface area contributed by atoms with Gasteiger partial charge >= 0.3 is 0 Å². The minimum atomic E-state index is -4.30.